The zero-order valence-electron chi connectivity index (χ0n) is 16.7. The zero-order valence-corrected chi connectivity index (χ0v) is 16.7. The first kappa shape index (κ1) is 20.6. The van der Waals surface area contributed by atoms with Crippen LogP contribution in [-0.2, 0) is 17.8 Å². The number of hydrogen-bond donors (Lipinski definition) is 1. The number of hydrogen-bond acceptors (Lipinski definition) is 5. The molecular weight excluding hydrogens is 361 g/mol. The number of aliphatic hydroxyl groups excluding tert-OH is 1. The van der Waals surface area contributed by atoms with E-state index < -0.39 is 6.10 Å². The number of benzene rings is 2. The third-order valence-electron chi connectivity index (χ3n) is 4.37. The lowest BCUT2D eigenvalue weighted by molar-refractivity contribution is -0.0573. The molecule has 2 aromatic rings. The van der Waals surface area contributed by atoms with Gasteiger partial charge in [-0.3, -0.25) is 4.90 Å². The Bertz CT molecular complexity index is 790. The smallest absolute Gasteiger partial charge is 0.231 e. The van der Waals surface area contributed by atoms with E-state index >= 15 is 0 Å². The standard InChI is InChI=1S/C22H28FNO4/c1-22(2,3)28-14-18(25)13-24(12-17-6-4-5-7-19(17)23)11-16-8-9-20-21(10-16)27-15-26-20/h4-10,18,25H,11-15H2,1-3H3/t18-/m1/s1. The molecule has 1 heterocycles. The van der Waals surface area contributed by atoms with E-state index in [1.54, 1.807) is 12.1 Å². The van der Waals surface area contributed by atoms with Crippen molar-refractivity contribution >= 4 is 0 Å². The molecule has 0 aromatic heterocycles. The summed E-state index contributed by atoms with van der Waals surface area (Å²) in [5.41, 5.74) is 1.27. The summed E-state index contributed by atoms with van der Waals surface area (Å²) in [7, 11) is 0. The van der Waals surface area contributed by atoms with Gasteiger partial charge in [-0.1, -0.05) is 24.3 Å². The second-order valence-corrected chi connectivity index (χ2v) is 8.03. The molecule has 0 radical (unpaired) electrons. The second kappa shape index (κ2) is 8.90. The molecule has 3 rings (SSSR count). The maximum absolute atomic E-state index is 14.2. The molecule has 1 atom stereocenters. The summed E-state index contributed by atoms with van der Waals surface area (Å²) in [5.74, 6) is 1.18. The van der Waals surface area contributed by atoms with Crippen molar-refractivity contribution in [2.24, 2.45) is 0 Å². The molecule has 1 aliphatic heterocycles. The lowest BCUT2D eigenvalue weighted by atomic mass is 10.1. The van der Waals surface area contributed by atoms with Crippen LogP contribution < -0.4 is 9.47 Å². The third-order valence-corrected chi connectivity index (χ3v) is 4.37. The molecule has 0 fully saturated rings. The predicted molar refractivity (Wildman–Crippen MR) is 105 cm³/mol. The van der Waals surface area contributed by atoms with Crippen LogP contribution in [0.2, 0.25) is 0 Å². The molecule has 0 bridgehead atoms. The van der Waals surface area contributed by atoms with E-state index in [-0.39, 0.29) is 24.8 Å². The number of fused-ring (bicyclic) bond motifs is 1. The molecule has 5 nitrogen and oxygen atoms in total. The SMILES string of the molecule is CC(C)(C)OC[C@H](O)CN(Cc1ccc2c(c1)OCO2)Cc1ccccc1F. The van der Waals surface area contributed by atoms with Gasteiger partial charge in [0.15, 0.2) is 11.5 Å². The van der Waals surface area contributed by atoms with Crippen molar-refractivity contribution in [2.45, 2.75) is 45.6 Å². The fourth-order valence-corrected chi connectivity index (χ4v) is 3.05. The van der Waals surface area contributed by atoms with Gasteiger partial charge in [0.1, 0.15) is 5.82 Å². The van der Waals surface area contributed by atoms with Gasteiger partial charge in [0.2, 0.25) is 6.79 Å². The molecule has 1 N–H and O–H groups in total. The Hall–Kier alpha value is -2.15. The van der Waals surface area contributed by atoms with Crippen molar-refractivity contribution in [1.29, 1.82) is 0 Å². The van der Waals surface area contributed by atoms with Crippen molar-refractivity contribution < 1.29 is 23.7 Å². The van der Waals surface area contributed by atoms with E-state index in [0.29, 0.717) is 30.9 Å². The molecular formula is C22H28FNO4. The first-order valence-electron chi connectivity index (χ1n) is 9.46. The molecule has 0 unspecified atom stereocenters. The lowest BCUT2D eigenvalue weighted by Gasteiger charge is -2.27. The van der Waals surface area contributed by atoms with E-state index in [4.69, 9.17) is 14.2 Å². The van der Waals surface area contributed by atoms with Gasteiger partial charge in [-0.2, -0.15) is 0 Å². The van der Waals surface area contributed by atoms with Crippen molar-refractivity contribution in [3.63, 3.8) is 0 Å². The van der Waals surface area contributed by atoms with Crippen LogP contribution in [0.25, 0.3) is 0 Å². The minimum atomic E-state index is -0.681. The maximum Gasteiger partial charge on any atom is 0.231 e. The number of aliphatic hydroxyl groups is 1. The van der Waals surface area contributed by atoms with Gasteiger partial charge in [-0.25, -0.2) is 4.39 Å². The van der Waals surface area contributed by atoms with Crippen molar-refractivity contribution in [2.75, 3.05) is 19.9 Å². The fraction of sp³-hybridized carbons (Fsp3) is 0.455. The highest BCUT2D eigenvalue weighted by Crippen LogP contribution is 2.33. The van der Waals surface area contributed by atoms with Gasteiger partial charge in [0.05, 0.1) is 18.3 Å². The summed E-state index contributed by atoms with van der Waals surface area (Å²) in [6.45, 7) is 7.57. The van der Waals surface area contributed by atoms with Crippen LogP contribution in [0.15, 0.2) is 42.5 Å². The van der Waals surface area contributed by atoms with Gasteiger partial charge in [-0.15, -0.1) is 0 Å². The van der Waals surface area contributed by atoms with Crippen LogP contribution in [0.5, 0.6) is 11.5 Å². The minimum absolute atomic E-state index is 0.221. The van der Waals surface area contributed by atoms with Crippen molar-refractivity contribution in [3.8, 4) is 11.5 Å². The zero-order chi connectivity index (χ0) is 20.1. The third kappa shape index (κ3) is 5.92. The molecule has 28 heavy (non-hydrogen) atoms. The number of ether oxygens (including phenoxy) is 3. The van der Waals surface area contributed by atoms with Crippen LogP contribution in [0.3, 0.4) is 0 Å². The van der Waals surface area contributed by atoms with Crippen molar-refractivity contribution in [1.82, 2.24) is 4.90 Å². The topological polar surface area (TPSA) is 51.2 Å². The first-order chi connectivity index (χ1) is 13.3. The Balaban J connectivity index is 1.71. The van der Waals surface area contributed by atoms with E-state index in [2.05, 4.69) is 0 Å². The highest BCUT2D eigenvalue weighted by molar-refractivity contribution is 5.44. The molecule has 0 amide bonds. The summed E-state index contributed by atoms with van der Waals surface area (Å²) >= 11 is 0. The summed E-state index contributed by atoms with van der Waals surface area (Å²) in [6, 6.07) is 12.5. The normalized spacial score (nSPS) is 14.5. The molecule has 152 valence electrons. The first-order valence-corrected chi connectivity index (χ1v) is 9.46. The highest BCUT2D eigenvalue weighted by atomic mass is 19.1. The monoisotopic (exact) mass is 389 g/mol. The summed E-state index contributed by atoms with van der Waals surface area (Å²) in [5, 5.41) is 10.5. The van der Waals surface area contributed by atoms with Crippen molar-refractivity contribution in [3.05, 3.63) is 59.4 Å². The van der Waals surface area contributed by atoms with Crippen LogP contribution in [0, 0.1) is 5.82 Å². The average Bonchev–Trinajstić information content (AvgIpc) is 3.09. The highest BCUT2D eigenvalue weighted by Gasteiger charge is 2.19. The Labute approximate surface area is 165 Å². The Kier molecular flexibility index (Phi) is 6.54. The van der Waals surface area contributed by atoms with Gasteiger partial charge < -0.3 is 19.3 Å². The number of rotatable bonds is 8. The molecule has 0 saturated heterocycles. The van der Waals surface area contributed by atoms with Gasteiger partial charge in [0.25, 0.3) is 0 Å². The minimum Gasteiger partial charge on any atom is -0.454 e. The molecule has 6 heteroatoms. The van der Waals surface area contributed by atoms with Crippen LogP contribution in [0.4, 0.5) is 4.39 Å². The van der Waals surface area contributed by atoms with Crippen LogP contribution in [0.1, 0.15) is 31.9 Å². The predicted octanol–water partition coefficient (Wildman–Crippen LogP) is 3.73. The van der Waals surface area contributed by atoms with E-state index in [9.17, 15) is 9.50 Å². The van der Waals surface area contributed by atoms with E-state index in [1.165, 1.54) is 6.07 Å². The summed E-state index contributed by atoms with van der Waals surface area (Å²) in [6.07, 6.45) is -0.681. The maximum atomic E-state index is 14.2. The van der Waals surface area contributed by atoms with Gasteiger partial charge in [-0.05, 0) is 44.5 Å². The summed E-state index contributed by atoms with van der Waals surface area (Å²) in [4.78, 5) is 2.01. The molecule has 2 aromatic carbocycles. The van der Waals surface area contributed by atoms with Crippen LogP contribution in [-0.4, -0.2) is 41.7 Å². The molecule has 0 saturated carbocycles. The van der Waals surface area contributed by atoms with E-state index in [0.717, 1.165) is 11.3 Å². The number of nitrogens with zero attached hydrogens (tertiary/aromatic N) is 1. The van der Waals surface area contributed by atoms with E-state index in [1.807, 2.05) is 49.9 Å². The number of halogens is 1. The average molecular weight is 389 g/mol. The van der Waals surface area contributed by atoms with Crippen LogP contribution >= 0.6 is 0 Å². The van der Waals surface area contributed by atoms with Gasteiger partial charge >= 0.3 is 0 Å². The molecule has 0 aliphatic carbocycles. The lowest BCUT2D eigenvalue weighted by Crippen LogP contribution is -2.36. The largest absolute Gasteiger partial charge is 0.454 e. The molecule has 1 aliphatic rings. The second-order valence-electron chi connectivity index (χ2n) is 8.03. The molecule has 0 spiro atoms. The quantitative estimate of drug-likeness (QED) is 0.746. The Morgan fingerprint density at radius 2 is 1.86 bits per heavy atom. The van der Waals surface area contributed by atoms with Gasteiger partial charge in [0, 0.05) is 25.2 Å². The Morgan fingerprint density at radius 3 is 2.61 bits per heavy atom. The summed E-state index contributed by atoms with van der Waals surface area (Å²) < 4.78 is 30.7. The fourth-order valence-electron chi connectivity index (χ4n) is 3.05. The Morgan fingerprint density at radius 1 is 1.11 bits per heavy atom.